The fourth-order valence-electron chi connectivity index (χ4n) is 4.54. The first-order chi connectivity index (χ1) is 15.3. The summed E-state index contributed by atoms with van der Waals surface area (Å²) >= 11 is 3.06. The van der Waals surface area contributed by atoms with E-state index in [-0.39, 0.29) is 22.5 Å². The van der Waals surface area contributed by atoms with E-state index in [4.69, 9.17) is 0 Å². The van der Waals surface area contributed by atoms with Gasteiger partial charge in [0.15, 0.2) is 10.9 Å². The van der Waals surface area contributed by atoms with Crippen LogP contribution in [-0.2, 0) is 19.9 Å². The van der Waals surface area contributed by atoms with Crippen LogP contribution < -0.4 is 5.56 Å². The second-order valence-corrected chi connectivity index (χ2v) is 11.6. The van der Waals surface area contributed by atoms with Gasteiger partial charge in [0, 0.05) is 17.5 Å². The number of aromatic nitrogens is 4. The van der Waals surface area contributed by atoms with E-state index >= 15 is 0 Å². The lowest BCUT2D eigenvalue weighted by molar-refractivity contribution is 0.102. The molecule has 0 aliphatic heterocycles. The number of hydrogen-bond acceptors (Lipinski definition) is 6. The van der Waals surface area contributed by atoms with Gasteiger partial charge in [0.1, 0.15) is 4.83 Å². The Hall–Kier alpha value is -2.45. The number of rotatable bonds is 4. The Labute approximate surface area is 194 Å². The minimum Gasteiger partial charge on any atom is -0.293 e. The van der Waals surface area contributed by atoms with Crippen molar-refractivity contribution in [1.29, 1.82) is 0 Å². The van der Waals surface area contributed by atoms with Crippen molar-refractivity contribution in [2.24, 2.45) is 18.4 Å². The van der Waals surface area contributed by atoms with Gasteiger partial charge in [-0.25, -0.2) is 4.40 Å². The van der Waals surface area contributed by atoms with Crippen molar-refractivity contribution >= 4 is 44.9 Å². The van der Waals surface area contributed by atoms with Crippen LogP contribution in [0.1, 0.15) is 48.0 Å². The van der Waals surface area contributed by atoms with Crippen LogP contribution in [0.25, 0.3) is 16.0 Å². The summed E-state index contributed by atoms with van der Waals surface area (Å²) in [5, 5.41) is 10.1. The minimum absolute atomic E-state index is 0.0106. The summed E-state index contributed by atoms with van der Waals surface area (Å²) in [6.45, 7) is 6.89. The lowest BCUT2D eigenvalue weighted by Crippen LogP contribution is -2.27. The lowest BCUT2D eigenvalue weighted by atomic mass is 9.72. The van der Waals surface area contributed by atoms with Gasteiger partial charge in [-0.3, -0.25) is 14.2 Å². The largest absolute Gasteiger partial charge is 0.293 e. The van der Waals surface area contributed by atoms with E-state index in [1.54, 1.807) is 23.0 Å². The number of thiophene rings is 1. The number of Topliss-reactive ketones (excluding diaryl/α,β-unsaturated/α-hetero) is 1. The molecule has 0 saturated carbocycles. The molecule has 166 valence electrons. The summed E-state index contributed by atoms with van der Waals surface area (Å²) < 4.78 is 3.55. The number of carbonyl (C=O) groups is 1. The second-order valence-electron chi connectivity index (χ2n) is 9.55. The van der Waals surface area contributed by atoms with Crippen molar-refractivity contribution in [3.05, 3.63) is 56.7 Å². The molecule has 0 amide bonds. The zero-order chi connectivity index (χ0) is 22.6. The Morgan fingerprint density at radius 3 is 2.69 bits per heavy atom. The maximum atomic E-state index is 13.2. The predicted octanol–water partition coefficient (Wildman–Crippen LogP) is 4.77. The summed E-state index contributed by atoms with van der Waals surface area (Å²) in [6.07, 6.45) is 3.02. The third-order valence-electron chi connectivity index (χ3n) is 6.54. The highest BCUT2D eigenvalue weighted by atomic mass is 32.2. The van der Waals surface area contributed by atoms with Crippen molar-refractivity contribution < 1.29 is 4.79 Å². The fourth-order valence-corrected chi connectivity index (χ4v) is 6.84. The van der Waals surface area contributed by atoms with Crippen LogP contribution in [0.15, 0.2) is 40.3 Å². The van der Waals surface area contributed by atoms with E-state index in [9.17, 15) is 9.59 Å². The Bertz CT molecular complexity index is 1390. The van der Waals surface area contributed by atoms with Crippen molar-refractivity contribution in [3.63, 3.8) is 0 Å². The topological polar surface area (TPSA) is 69.3 Å². The third kappa shape index (κ3) is 3.49. The number of carbonyl (C=O) groups excluding carboxylic acids is 1. The number of fused-ring (bicyclic) bond motifs is 5. The van der Waals surface area contributed by atoms with Gasteiger partial charge in [0.05, 0.1) is 11.1 Å². The molecule has 3 aromatic heterocycles. The molecule has 0 N–H and O–H groups in total. The molecule has 0 radical (unpaired) electrons. The minimum atomic E-state index is -0.0106. The zero-order valence-electron chi connectivity index (χ0n) is 18.7. The summed E-state index contributed by atoms with van der Waals surface area (Å²) in [7, 11) is 1.75. The maximum absolute atomic E-state index is 13.2. The number of benzene rings is 1. The molecular formula is C24H26N4O2S2. The van der Waals surface area contributed by atoms with Gasteiger partial charge in [-0.05, 0) is 36.2 Å². The molecule has 3 heterocycles. The number of thioether (sulfide) groups is 1. The van der Waals surface area contributed by atoms with Crippen molar-refractivity contribution in [2.75, 3.05) is 5.75 Å². The van der Waals surface area contributed by atoms with Gasteiger partial charge in [0.25, 0.3) is 5.56 Å². The number of hydrogen-bond donors (Lipinski definition) is 0. The van der Waals surface area contributed by atoms with Crippen LogP contribution in [0.5, 0.6) is 0 Å². The highest BCUT2D eigenvalue weighted by molar-refractivity contribution is 7.99. The average molecular weight is 467 g/mol. The van der Waals surface area contributed by atoms with Gasteiger partial charge >= 0.3 is 0 Å². The molecule has 5 rings (SSSR count). The molecule has 32 heavy (non-hydrogen) atoms. The van der Waals surface area contributed by atoms with E-state index in [0.717, 1.165) is 29.5 Å². The average Bonchev–Trinajstić information content (AvgIpc) is 3.37. The number of ketones is 1. The first-order valence-corrected chi connectivity index (χ1v) is 12.7. The molecule has 1 atom stereocenters. The molecule has 0 spiro atoms. The standard InChI is InChI=1S/C24H26N4O2S2/c1-24(2,3)15-10-11-16-18(12-15)32-21-19(16)20(30)27(4)22-25-26-23(28(21)22)31-13-17(29)14-8-6-5-7-9-14/h5-9,15H,10-13H2,1-4H3. The number of nitrogens with zero attached hydrogens (tertiary/aromatic N) is 4. The molecule has 4 aromatic rings. The molecule has 1 aromatic carbocycles. The Morgan fingerprint density at radius 2 is 1.97 bits per heavy atom. The highest BCUT2D eigenvalue weighted by Crippen LogP contribution is 2.43. The summed E-state index contributed by atoms with van der Waals surface area (Å²) in [4.78, 5) is 28.1. The third-order valence-corrected chi connectivity index (χ3v) is 8.71. The molecule has 0 saturated heterocycles. The molecule has 1 aliphatic carbocycles. The SMILES string of the molecule is Cn1c(=O)c2c3c(sc2n2c(SCC(=O)c4ccccc4)nnc12)CC(C(C)(C)C)CC3. The molecule has 6 nitrogen and oxygen atoms in total. The van der Waals surface area contributed by atoms with E-state index in [0.29, 0.717) is 22.4 Å². The van der Waals surface area contributed by atoms with Gasteiger partial charge in [-0.1, -0.05) is 62.9 Å². The second kappa shape index (κ2) is 7.85. The van der Waals surface area contributed by atoms with Gasteiger partial charge in [0.2, 0.25) is 5.78 Å². The maximum Gasteiger partial charge on any atom is 0.263 e. The summed E-state index contributed by atoms with van der Waals surface area (Å²) in [6, 6.07) is 9.28. The number of aryl methyl sites for hydroxylation is 2. The zero-order valence-corrected chi connectivity index (χ0v) is 20.3. The van der Waals surface area contributed by atoms with Crippen LogP contribution in [-0.4, -0.2) is 30.7 Å². The Morgan fingerprint density at radius 1 is 1.22 bits per heavy atom. The van der Waals surface area contributed by atoms with Crippen LogP contribution in [0.3, 0.4) is 0 Å². The fraction of sp³-hybridized carbons (Fsp3) is 0.417. The summed E-state index contributed by atoms with van der Waals surface area (Å²) in [5.74, 6) is 1.43. The molecule has 8 heteroatoms. The normalized spacial score (nSPS) is 16.6. The smallest absolute Gasteiger partial charge is 0.263 e. The molecule has 1 aliphatic rings. The van der Waals surface area contributed by atoms with Gasteiger partial charge in [-0.15, -0.1) is 21.5 Å². The lowest BCUT2D eigenvalue weighted by Gasteiger charge is -2.33. The molecule has 1 unspecified atom stereocenters. The Kier molecular flexibility index (Phi) is 5.25. The first-order valence-electron chi connectivity index (χ1n) is 10.8. The molecular weight excluding hydrogens is 440 g/mol. The monoisotopic (exact) mass is 466 g/mol. The van der Waals surface area contributed by atoms with E-state index in [1.807, 2.05) is 34.7 Å². The predicted molar refractivity (Wildman–Crippen MR) is 130 cm³/mol. The van der Waals surface area contributed by atoms with E-state index < -0.39 is 0 Å². The van der Waals surface area contributed by atoms with Crippen molar-refractivity contribution in [3.8, 4) is 0 Å². The van der Waals surface area contributed by atoms with Crippen molar-refractivity contribution in [2.45, 2.75) is 45.2 Å². The van der Waals surface area contributed by atoms with E-state index in [2.05, 4.69) is 31.0 Å². The van der Waals surface area contributed by atoms with Crippen molar-refractivity contribution in [1.82, 2.24) is 19.2 Å². The van der Waals surface area contributed by atoms with E-state index in [1.165, 1.54) is 22.2 Å². The van der Waals surface area contributed by atoms with Gasteiger partial charge in [-0.2, -0.15) is 0 Å². The molecule has 0 bridgehead atoms. The summed E-state index contributed by atoms with van der Waals surface area (Å²) in [5.41, 5.74) is 2.11. The van der Waals surface area contributed by atoms with Crippen LogP contribution in [0.4, 0.5) is 0 Å². The van der Waals surface area contributed by atoms with Crippen LogP contribution in [0.2, 0.25) is 0 Å². The molecule has 0 fully saturated rings. The van der Waals surface area contributed by atoms with Crippen LogP contribution in [0, 0.1) is 11.3 Å². The van der Waals surface area contributed by atoms with Gasteiger partial charge < -0.3 is 0 Å². The quantitative estimate of drug-likeness (QED) is 0.320. The first kappa shape index (κ1) is 21.4. The highest BCUT2D eigenvalue weighted by Gasteiger charge is 2.32. The Balaban J connectivity index is 1.58. The van der Waals surface area contributed by atoms with Crippen LogP contribution >= 0.6 is 23.1 Å².